The van der Waals surface area contributed by atoms with Gasteiger partial charge in [-0.3, -0.25) is 0 Å². The van der Waals surface area contributed by atoms with Crippen molar-refractivity contribution in [1.82, 2.24) is 4.83 Å². The van der Waals surface area contributed by atoms with E-state index in [-0.39, 0.29) is 4.90 Å². The van der Waals surface area contributed by atoms with Gasteiger partial charge in [-0.2, -0.15) is 13.5 Å². The first-order valence-electron chi connectivity index (χ1n) is 7.07. The summed E-state index contributed by atoms with van der Waals surface area (Å²) >= 11 is 3.26. The van der Waals surface area contributed by atoms with Gasteiger partial charge in [-0.05, 0) is 55.0 Å². The van der Waals surface area contributed by atoms with E-state index >= 15 is 0 Å². The standard InChI is InChI=1S/C16H17BrN2O4S/c1-3-23-16-10-12(4-9-15(16)22-2)11-18-19-24(20,21)14-7-5-13(17)6-8-14/h4-11,19H,3H2,1-2H3/b18-11+. The van der Waals surface area contributed by atoms with E-state index in [1.807, 2.05) is 6.92 Å². The van der Waals surface area contributed by atoms with Crippen LogP contribution in [-0.2, 0) is 10.0 Å². The van der Waals surface area contributed by atoms with Gasteiger partial charge in [-0.15, -0.1) is 0 Å². The number of halogens is 1. The van der Waals surface area contributed by atoms with Crippen LogP contribution < -0.4 is 14.3 Å². The number of sulfonamides is 1. The monoisotopic (exact) mass is 412 g/mol. The summed E-state index contributed by atoms with van der Waals surface area (Å²) in [5.41, 5.74) is 0.678. The Morgan fingerprint density at radius 1 is 1.17 bits per heavy atom. The molecule has 0 radical (unpaired) electrons. The molecule has 2 aromatic rings. The maximum absolute atomic E-state index is 12.1. The first-order valence-corrected chi connectivity index (χ1v) is 9.35. The van der Waals surface area contributed by atoms with Gasteiger partial charge in [0.15, 0.2) is 11.5 Å². The zero-order chi connectivity index (χ0) is 17.6. The van der Waals surface area contributed by atoms with Crippen molar-refractivity contribution in [1.29, 1.82) is 0 Å². The fourth-order valence-corrected chi connectivity index (χ4v) is 2.93. The zero-order valence-electron chi connectivity index (χ0n) is 13.2. The Morgan fingerprint density at radius 2 is 1.88 bits per heavy atom. The van der Waals surface area contributed by atoms with Crippen LogP contribution in [0.15, 0.2) is 56.9 Å². The average Bonchev–Trinajstić information content (AvgIpc) is 2.56. The summed E-state index contributed by atoms with van der Waals surface area (Å²) in [5.74, 6) is 1.17. The van der Waals surface area contributed by atoms with Crippen LogP contribution in [0.2, 0.25) is 0 Å². The molecule has 0 amide bonds. The summed E-state index contributed by atoms with van der Waals surface area (Å²) in [6.07, 6.45) is 1.40. The van der Waals surface area contributed by atoms with Crippen molar-refractivity contribution in [2.45, 2.75) is 11.8 Å². The number of hydrogen-bond donors (Lipinski definition) is 1. The van der Waals surface area contributed by atoms with Gasteiger partial charge in [-0.25, -0.2) is 4.83 Å². The SMILES string of the molecule is CCOc1cc(/C=N/NS(=O)(=O)c2ccc(Br)cc2)ccc1OC. The topological polar surface area (TPSA) is 77.0 Å². The second-order valence-electron chi connectivity index (χ2n) is 4.65. The first-order chi connectivity index (χ1) is 11.5. The van der Waals surface area contributed by atoms with Crippen molar-refractivity contribution in [3.63, 3.8) is 0 Å². The average molecular weight is 413 g/mol. The van der Waals surface area contributed by atoms with Crippen LogP contribution in [0.4, 0.5) is 0 Å². The quantitative estimate of drug-likeness (QED) is 0.559. The third-order valence-electron chi connectivity index (χ3n) is 3.00. The van der Waals surface area contributed by atoms with Crippen LogP contribution >= 0.6 is 15.9 Å². The van der Waals surface area contributed by atoms with E-state index in [4.69, 9.17) is 9.47 Å². The smallest absolute Gasteiger partial charge is 0.276 e. The summed E-state index contributed by atoms with van der Waals surface area (Å²) in [7, 11) is -2.15. The lowest BCUT2D eigenvalue weighted by Gasteiger charge is -2.09. The van der Waals surface area contributed by atoms with Crippen LogP contribution in [0, 0.1) is 0 Å². The molecule has 0 unspecified atom stereocenters. The van der Waals surface area contributed by atoms with Crippen molar-refractivity contribution in [3.05, 3.63) is 52.5 Å². The number of methoxy groups -OCH3 is 1. The number of nitrogens with zero attached hydrogens (tertiary/aromatic N) is 1. The molecule has 6 nitrogen and oxygen atoms in total. The van der Waals surface area contributed by atoms with Gasteiger partial charge in [0.2, 0.25) is 0 Å². The second kappa shape index (κ2) is 8.16. The molecule has 8 heteroatoms. The highest BCUT2D eigenvalue weighted by Gasteiger charge is 2.12. The molecule has 1 N–H and O–H groups in total. The molecule has 0 saturated carbocycles. The third kappa shape index (κ3) is 4.72. The minimum absolute atomic E-state index is 0.132. The normalized spacial score (nSPS) is 11.5. The molecule has 0 aliphatic rings. The molecule has 2 rings (SSSR count). The Morgan fingerprint density at radius 3 is 2.50 bits per heavy atom. The summed E-state index contributed by atoms with van der Waals surface area (Å²) < 4.78 is 35.7. The van der Waals surface area contributed by atoms with Gasteiger partial charge in [-0.1, -0.05) is 15.9 Å². The zero-order valence-corrected chi connectivity index (χ0v) is 15.6. The maximum Gasteiger partial charge on any atom is 0.276 e. The summed E-state index contributed by atoms with van der Waals surface area (Å²) in [6, 6.07) is 11.5. The minimum atomic E-state index is -3.71. The van der Waals surface area contributed by atoms with E-state index in [0.717, 1.165) is 4.47 Å². The molecule has 0 aliphatic heterocycles. The Kier molecular flexibility index (Phi) is 6.22. The van der Waals surface area contributed by atoms with E-state index in [9.17, 15) is 8.42 Å². The van der Waals surface area contributed by atoms with Crippen molar-refractivity contribution >= 4 is 32.2 Å². The Hall–Kier alpha value is -2.06. The van der Waals surface area contributed by atoms with Gasteiger partial charge < -0.3 is 9.47 Å². The number of benzene rings is 2. The predicted octanol–water partition coefficient (Wildman–Crippen LogP) is 3.17. The lowest BCUT2D eigenvalue weighted by Crippen LogP contribution is -2.18. The molecule has 0 aliphatic carbocycles. The molecule has 0 saturated heterocycles. The second-order valence-corrected chi connectivity index (χ2v) is 7.23. The van der Waals surface area contributed by atoms with Gasteiger partial charge in [0.05, 0.1) is 24.8 Å². The molecule has 0 heterocycles. The lowest BCUT2D eigenvalue weighted by atomic mass is 10.2. The molecule has 0 aromatic heterocycles. The molecule has 2 aromatic carbocycles. The highest BCUT2D eigenvalue weighted by molar-refractivity contribution is 9.10. The van der Waals surface area contributed by atoms with E-state index in [1.165, 1.54) is 18.3 Å². The van der Waals surface area contributed by atoms with E-state index in [1.54, 1.807) is 37.4 Å². The van der Waals surface area contributed by atoms with Gasteiger partial charge in [0, 0.05) is 4.47 Å². The molecule has 0 atom stereocenters. The number of hydrazone groups is 1. The predicted molar refractivity (Wildman–Crippen MR) is 96.2 cm³/mol. The van der Waals surface area contributed by atoms with Crippen LogP contribution in [0.3, 0.4) is 0 Å². The molecular formula is C16H17BrN2O4S. The molecule has 0 fully saturated rings. The molecule has 128 valence electrons. The summed E-state index contributed by atoms with van der Waals surface area (Å²) in [5, 5.41) is 3.80. The van der Waals surface area contributed by atoms with Gasteiger partial charge >= 0.3 is 0 Å². The Balaban J connectivity index is 2.13. The van der Waals surface area contributed by atoms with Crippen molar-refractivity contribution in [2.75, 3.05) is 13.7 Å². The minimum Gasteiger partial charge on any atom is -0.493 e. The summed E-state index contributed by atoms with van der Waals surface area (Å²) in [4.78, 5) is 2.31. The van der Waals surface area contributed by atoms with Crippen molar-refractivity contribution in [3.8, 4) is 11.5 Å². The molecule has 0 spiro atoms. The Labute approximate surface area is 149 Å². The van der Waals surface area contributed by atoms with Crippen LogP contribution in [0.25, 0.3) is 0 Å². The molecule has 24 heavy (non-hydrogen) atoms. The lowest BCUT2D eigenvalue weighted by molar-refractivity contribution is 0.311. The highest BCUT2D eigenvalue weighted by atomic mass is 79.9. The van der Waals surface area contributed by atoms with Crippen LogP contribution in [0.5, 0.6) is 11.5 Å². The first kappa shape index (κ1) is 18.3. The van der Waals surface area contributed by atoms with Gasteiger partial charge in [0.1, 0.15) is 0 Å². The number of rotatable bonds is 7. The number of nitrogens with one attached hydrogen (secondary N) is 1. The van der Waals surface area contributed by atoms with Gasteiger partial charge in [0.25, 0.3) is 10.0 Å². The maximum atomic E-state index is 12.1. The van der Waals surface area contributed by atoms with Crippen LogP contribution in [0.1, 0.15) is 12.5 Å². The van der Waals surface area contributed by atoms with E-state index < -0.39 is 10.0 Å². The molecular weight excluding hydrogens is 396 g/mol. The number of hydrogen-bond acceptors (Lipinski definition) is 5. The van der Waals surface area contributed by atoms with Crippen molar-refractivity contribution < 1.29 is 17.9 Å². The third-order valence-corrected chi connectivity index (χ3v) is 4.77. The largest absolute Gasteiger partial charge is 0.493 e. The fraction of sp³-hybridized carbons (Fsp3) is 0.188. The number of ether oxygens (including phenoxy) is 2. The van der Waals surface area contributed by atoms with E-state index in [0.29, 0.717) is 23.7 Å². The molecule has 0 bridgehead atoms. The van der Waals surface area contributed by atoms with Crippen LogP contribution in [-0.4, -0.2) is 28.3 Å². The summed E-state index contributed by atoms with van der Waals surface area (Å²) in [6.45, 7) is 2.36. The van der Waals surface area contributed by atoms with E-state index in [2.05, 4.69) is 25.9 Å². The Bertz CT molecular complexity index is 820. The van der Waals surface area contributed by atoms with Crippen molar-refractivity contribution in [2.24, 2.45) is 5.10 Å². The fourth-order valence-electron chi connectivity index (χ4n) is 1.88. The highest BCUT2D eigenvalue weighted by Crippen LogP contribution is 2.27.